The summed E-state index contributed by atoms with van der Waals surface area (Å²) in [6.07, 6.45) is 0.0510. The number of hydrogen-bond donors (Lipinski definition) is 1. The SMILES string of the molecule is O=S1(=O)CCn2c(Cl)c(Cl)c(-c3ccc(OC4CCC(F)(F)CC4)cc3)c2N1. The van der Waals surface area contributed by atoms with E-state index in [-0.39, 0.29) is 41.4 Å². The fourth-order valence-corrected chi connectivity index (χ4v) is 5.17. The van der Waals surface area contributed by atoms with E-state index in [0.29, 0.717) is 35.5 Å². The molecule has 0 atom stereocenters. The number of rotatable bonds is 3. The normalized spacial score (nSPS) is 21.0. The standard InChI is InChI=1S/C18H18Cl2F2N2O3S/c19-15-14(17-23-28(25,26)10-9-24(17)16(15)20)11-1-3-12(4-2-11)27-13-5-7-18(21,22)8-6-13/h1-4,13,23H,5-10H2. The molecular weight excluding hydrogens is 433 g/mol. The summed E-state index contributed by atoms with van der Waals surface area (Å²) in [5.41, 5.74) is 1.17. The number of nitrogens with zero attached hydrogens (tertiary/aromatic N) is 1. The molecule has 1 aromatic carbocycles. The Morgan fingerprint density at radius 1 is 1.14 bits per heavy atom. The Balaban J connectivity index is 1.57. The highest BCUT2D eigenvalue weighted by Crippen LogP contribution is 2.44. The van der Waals surface area contributed by atoms with Gasteiger partial charge in [-0.25, -0.2) is 17.2 Å². The van der Waals surface area contributed by atoms with Crippen LogP contribution in [0.3, 0.4) is 0 Å². The molecule has 1 saturated carbocycles. The number of fused-ring (bicyclic) bond motifs is 1. The predicted molar refractivity (Wildman–Crippen MR) is 105 cm³/mol. The third-order valence-corrected chi connectivity index (χ3v) is 7.17. The van der Waals surface area contributed by atoms with E-state index >= 15 is 0 Å². The van der Waals surface area contributed by atoms with E-state index in [4.69, 9.17) is 27.9 Å². The Labute approximate surface area is 171 Å². The number of halogens is 4. The smallest absolute Gasteiger partial charge is 0.248 e. The molecule has 4 rings (SSSR count). The molecular formula is C18H18Cl2F2N2O3S. The summed E-state index contributed by atoms with van der Waals surface area (Å²) >= 11 is 12.6. The summed E-state index contributed by atoms with van der Waals surface area (Å²) in [6.45, 7) is 0.219. The van der Waals surface area contributed by atoms with Crippen molar-refractivity contribution in [3.8, 4) is 16.9 Å². The highest BCUT2D eigenvalue weighted by Gasteiger charge is 2.35. The molecule has 1 N–H and O–H groups in total. The molecule has 2 aliphatic rings. The van der Waals surface area contributed by atoms with Gasteiger partial charge in [0, 0.05) is 24.9 Å². The highest BCUT2D eigenvalue weighted by molar-refractivity contribution is 7.92. The van der Waals surface area contributed by atoms with Crippen LogP contribution in [0.2, 0.25) is 10.2 Å². The van der Waals surface area contributed by atoms with Gasteiger partial charge in [0.1, 0.15) is 16.7 Å². The number of hydrogen-bond acceptors (Lipinski definition) is 3. The van der Waals surface area contributed by atoms with E-state index in [0.717, 1.165) is 0 Å². The predicted octanol–water partition coefficient (Wildman–Crippen LogP) is 5.17. The highest BCUT2D eigenvalue weighted by atomic mass is 35.5. The second-order valence-electron chi connectivity index (χ2n) is 7.10. The van der Waals surface area contributed by atoms with Crippen molar-refractivity contribution < 1.29 is 21.9 Å². The van der Waals surface area contributed by atoms with Crippen LogP contribution in [-0.2, 0) is 16.6 Å². The van der Waals surface area contributed by atoms with Crippen molar-refractivity contribution in [3.05, 3.63) is 34.4 Å². The Morgan fingerprint density at radius 2 is 1.79 bits per heavy atom. The Hall–Kier alpha value is -1.51. The lowest BCUT2D eigenvalue weighted by atomic mass is 9.94. The summed E-state index contributed by atoms with van der Waals surface area (Å²) < 4.78 is 60.4. The molecule has 0 radical (unpaired) electrons. The first kappa shape index (κ1) is 19.8. The van der Waals surface area contributed by atoms with Gasteiger partial charge in [0.2, 0.25) is 15.9 Å². The van der Waals surface area contributed by atoms with Gasteiger partial charge in [-0.1, -0.05) is 35.3 Å². The molecule has 1 aliphatic heterocycles. The van der Waals surface area contributed by atoms with Crippen molar-refractivity contribution in [2.75, 3.05) is 10.5 Å². The maximum absolute atomic E-state index is 13.3. The van der Waals surface area contributed by atoms with Gasteiger partial charge in [-0.2, -0.15) is 0 Å². The number of benzene rings is 1. The molecule has 0 saturated heterocycles. The molecule has 10 heteroatoms. The summed E-state index contributed by atoms with van der Waals surface area (Å²) in [4.78, 5) is 0. The molecule has 1 aliphatic carbocycles. The molecule has 0 amide bonds. The van der Waals surface area contributed by atoms with Gasteiger partial charge >= 0.3 is 0 Å². The molecule has 5 nitrogen and oxygen atoms in total. The Bertz CT molecular complexity index is 997. The molecule has 28 heavy (non-hydrogen) atoms. The average molecular weight is 451 g/mol. The second-order valence-corrected chi connectivity index (χ2v) is 9.68. The van der Waals surface area contributed by atoms with Crippen LogP contribution in [0.25, 0.3) is 11.1 Å². The van der Waals surface area contributed by atoms with E-state index in [1.807, 2.05) is 0 Å². The minimum atomic E-state index is -3.44. The van der Waals surface area contributed by atoms with Crippen molar-refractivity contribution in [1.82, 2.24) is 4.57 Å². The average Bonchev–Trinajstić information content (AvgIpc) is 2.87. The van der Waals surface area contributed by atoms with E-state index in [1.165, 1.54) is 0 Å². The molecule has 0 spiro atoms. The zero-order valence-electron chi connectivity index (χ0n) is 14.7. The minimum absolute atomic E-state index is 0.0720. The molecule has 2 heterocycles. The van der Waals surface area contributed by atoms with Gasteiger partial charge in [-0.3, -0.25) is 4.72 Å². The van der Waals surface area contributed by atoms with Crippen LogP contribution in [0.15, 0.2) is 24.3 Å². The summed E-state index contributed by atoms with van der Waals surface area (Å²) in [7, 11) is -3.44. The lowest BCUT2D eigenvalue weighted by molar-refractivity contribution is -0.0582. The summed E-state index contributed by atoms with van der Waals surface area (Å²) in [6, 6.07) is 6.92. The van der Waals surface area contributed by atoms with Gasteiger partial charge in [-0.05, 0) is 30.5 Å². The fraction of sp³-hybridized carbons (Fsp3) is 0.444. The third kappa shape index (κ3) is 3.82. The van der Waals surface area contributed by atoms with E-state index in [2.05, 4.69) is 4.72 Å². The topological polar surface area (TPSA) is 60.3 Å². The van der Waals surface area contributed by atoms with Crippen LogP contribution in [-0.4, -0.2) is 30.8 Å². The van der Waals surface area contributed by atoms with Crippen LogP contribution < -0.4 is 9.46 Å². The maximum atomic E-state index is 13.3. The molecule has 1 fully saturated rings. The summed E-state index contributed by atoms with van der Waals surface area (Å²) in [5.74, 6) is -1.77. The Kier molecular flexibility index (Phi) is 5.00. The van der Waals surface area contributed by atoms with Crippen LogP contribution >= 0.6 is 23.2 Å². The lowest BCUT2D eigenvalue weighted by Crippen LogP contribution is -2.30. The van der Waals surface area contributed by atoms with Crippen molar-refractivity contribution >= 4 is 39.0 Å². The van der Waals surface area contributed by atoms with Crippen molar-refractivity contribution in [3.63, 3.8) is 0 Å². The van der Waals surface area contributed by atoms with Gasteiger partial charge < -0.3 is 9.30 Å². The molecule has 2 aromatic rings. The van der Waals surface area contributed by atoms with E-state index in [1.54, 1.807) is 28.8 Å². The fourth-order valence-electron chi connectivity index (χ4n) is 3.57. The largest absolute Gasteiger partial charge is 0.490 e. The minimum Gasteiger partial charge on any atom is -0.490 e. The number of aromatic nitrogens is 1. The van der Waals surface area contributed by atoms with Gasteiger partial charge in [0.15, 0.2) is 0 Å². The van der Waals surface area contributed by atoms with Crippen LogP contribution in [0.5, 0.6) is 5.75 Å². The van der Waals surface area contributed by atoms with E-state index in [9.17, 15) is 17.2 Å². The molecule has 152 valence electrons. The van der Waals surface area contributed by atoms with Gasteiger partial charge in [-0.15, -0.1) is 0 Å². The van der Waals surface area contributed by atoms with Crippen LogP contribution in [0, 0.1) is 0 Å². The lowest BCUT2D eigenvalue weighted by Gasteiger charge is -2.28. The number of alkyl halides is 2. The first-order valence-corrected chi connectivity index (χ1v) is 11.3. The Morgan fingerprint density at radius 3 is 2.43 bits per heavy atom. The van der Waals surface area contributed by atoms with Crippen molar-refractivity contribution in [1.29, 1.82) is 0 Å². The van der Waals surface area contributed by atoms with Crippen molar-refractivity contribution in [2.45, 2.75) is 44.3 Å². The van der Waals surface area contributed by atoms with Crippen LogP contribution in [0.1, 0.15) is 25.7 Å². The first-order chi connectivity index (χ1) is 13.2. The molecule has 1 aromatic heterocycles. The zero-order chi connectivity index (χ0) is 20.1. The van der Waals surface area contributed by atoms with E-state index < -0.39 is 15.9 Å². The van der Waals surface area contributed by atoms with Crippen LogP contribution in [0.4, 0.5) is 14.6 Å². The molecule has 0 bridgehead atoms. The third-order valence-electron chi connectivity index (χ3n) is 5.09. The maximum Gasteiger partial charge on any atom is 0.248 e. The second kappa shape index (κ2) is 7.07. The zero-order valence-corrected chi connectivity index (χ0v) is 17.0. The quantitative estimate of drug-likeness (QED) is 0.700. The summed E-state index contributed by atoms with van der Waals surface area (Å²) in [5, 5.41) is 0.543. The number of sulfonamides is 1. The van der Waals surface area contributed by atoms with Crippen molar-refractivity contribution in [2.24, 2.45) is 0 Å². The number of anilines is 1. The number of ether oxygens (including phenoxy) is 1. The van der Waals surface area contributed by atoms with Gasteiger partial charge in [0.05, 0.1) is 16.9 Å². The van der Waals surface area contributed by atoms with Gasteiger partial charge in [0.25, 0.3) is 0 Å². The monoisotopic (exact) mass is 450 g/mol. The first-order valence-electron chi connectivity index (χ1n) is 8.88. The number of nitrogens with one attached hydrogen (secondary N) is 1. The molecule has 0 unspecified atom stereocenters.